The zero-order valence-electron chi connectivity index (χ0n) is 6.68. The molecule has 0 aromatic heterocycles. The smallest absolute Gasteiger partial charge is 0.0978 e. The molecule has 0 radical (unpaired) electrons. The molecular weight excluding hydrogens is 124 g/mol. The Morgan fingerprint density at radius 2 is 1.90 bits per heavy atom. The highest BCUT2D eigenvalue weighted by Crippen LogP contribution is 2.25. The van der Waals surface area contributed by atoms with Crippen LogP contribution in [0.5, 0.6) is 0 Å². The molecule has 0 aromatic carbocycles. The van der Waals surface area contributed by atoms with Gasteiger partial charge in [0.25, 0.3) is 0 Å². The zero-order chi connectivity index (χ0) is 7.40. The molecule has 10 heavy (non-hydrogen) atoms. The van der Waals surface area contributed by atoms with Crippen LogP contribution < -0.4 is 0 Å². The predicted octanol–water partition coefficient (Wildman–Crippen LogP) is 2.73. The Balaban J connectivity index is 2.19. The van der Waals surface area contributed by atoms with Crippen LogP contribution in [0.3, 0.4) is 0 Å². The van der Waals surface area contributed by atoms with Gasteiger partial charge in [-0.1, -0.05) is 13.5 Å². The van der Waals surface area contributed by atoms with Crippen molar-refractivity contribution in [2.75, 3.05) is 0 Å². The quantitative estimate of drug-likeness (QED) is 0.536. The SMILES string of the molecule is C=COC1CCC(C)CC1. The summed E-state index contributed by atoms with van der Waals surface area (Å²) in [5, 5.41) is 0. The first-order chi connectivity index (χ1) is 4.83. The molecule has 0 N–H and O–H groups in total. The summed E-state index contributed by atoms with van der Waals surface area (Å²) in [5.74, 6) is 0.907. The number of rotatable bonds is 2. The van der Waals surface area contributed by atoms with Gasteiger partial charge < -0.3 is 4.74 Å². The molecule has 0 heterocycles. The zero-order valence-corrected chi connectivity index (χ0v) is 6.68. The van der Waals surface area contributed by atoms with Crippen molar-refractivity contribution >= 4 is 0 Å². The molecule has 0 saturated heterocycles. The fourth-order valence-electron chi connectivity index (χ4n) is 1.50. The summed E-state index contributed by atoms with van der Waals surface area (Å²) in [7, 11) is 0. The standard InChI is InChI=1S/C9H16O/c1-3-10-9-6-4-8(2)5-7-9/h3,8-9H,1,4-7H2,2H3. The summed E-state index contributed by atoms with van der Waals surface area (Å²) in [4.78, 5) is 0. The van der Waals surface area contributed by atoms with Crippen molar-refractivity contribution in [2.24, 2.45) is 5.92 Å². The van der Waals surface area contributed by atoms with Crippen LogP contribution in [0.4, 0.5) is 0 Å². The third-order valence-electron chi connectivity index (χ3n) is 2.25. The van der Waals surface area contributed by atoms with Gasteiger partial charge in [0.05, 0.1) is 12.4 Å². The molecule has 0 bridgehead atoms. The average molecular weight is 140 g/mol. The van der Waals surface area contributed by atoms with Crippen molar-refractivity contribution in [1.29, 1.82) is 0 Å². The minimum Gasteiger partial charge on any atom is -0.499 e. The van der Waals surface area contributed by atoms with Gasteiger partial charge in [0.1, 0.15) is 0 Å². The van der Waals surface area contributed by atoms with Crippen LogP contribution in [0.25, 0.3) is 0 Å². The van der Waals surface area contributed by atoms with E-state index >= 15 is 0 Å². The molecule has 1 fully saturated rings. The lowest BCUT2D eigenvalue weighted by atomic mass is 9.89. The normalized spacial score (nSPS) is 33.3. The molecule has 1 heteroatoms. The lowest BCUT2D eigenvalue weighted by Crippen LogP contribution is -2.18. The maximum atomic E-state index is 5.30. The Kier molecular flexibility index (Phi) is 2.79. The predicted molar refractivity (Wildman–Crippen MR) is 42.7 cm³/mol. The second-order valence-electron chi connectivity index (χ2n) is 3.18. The Morgan fingerprint density at radius 3 is 2.40 bits per heavy atom. The minimum atomic E-state index is 0.466. The van der Waals surface area contributed by atoms with Crippen LogP contribution in [-0.4, -0.2) is 6.10 Å². The molecule has 0 aromatic rings. The molecule has 0 unspecified atom stereocenters. The van der Waals surface area contributed by atoms with Gasteiger partial charge in [0.15, 0.2) is 0 Å². The first kappa shape index (κ1) is 7.64. The highest BCUT2D eigenvalue weighted by Gasteiger charge is 2.17. The molecule has 0 amide bonds. The largest absolute Gasteiger partial charge is 0.499 e. The van der Waals surface area contributed by atoms with Crippen molar-refractivity contribution in [3.05, 3.63) is 12.8 Å². The van der Waals surface area contributed by atoms with Gasteiger partial charge in [0.2, 0.25) is 0 Å². The molecule has 0 aliphatic heterocycles. The van der Waals surface area contributed by atoms with Gasteiger partial charge in [-0.15, -0.1) is 0 Å². The van der Waals surface area contributed by atoms with Gasteiger partial charge in [-0.3, -0.25) is 0 Å². The number of hydrogen-bond acceptors (Lipinski definition) is 1. The maximum Gasteiger partial charge on any atom is 0.0978 e. The fourth-order valence-corrected chi connectivity index (χ4v) is 1.50. The van der Waals surface area contributed by atoms with Gasteiger partial charge in [-0.25, -0.2) is 0 Å². The average Bonchev–Trinajstić information content (AvgIpc) is 1.95. The lowest BCUT2D eigenvalue weighted by molar-refractivity contribution is 0.0921. The summed E-state index contributed by atoms with van der Waals surface area (Å²) in [5.41, 5.74) is 0. The third kappa shape index (κ3) is 2.05. The van der Waals surface area contributed by atoms with E-state index in [2.05, 4.69) is 13.5 Å². The third-order valence-corrected chi connectivity index (χ3v) is 2.25. The van der Waals surface area contributed by atoms with Gasteiger partial charge in [0, 0.05) is 0 Å². The molecule has 1 aliphatic carbocycles. The van der Waals surface area contributed by atoms with Crippen LogP contribution in [0, 0.1) is 5.92 Å². The molecule has 0 spiro atoms. The highest BCUT2D eigenvalue weighted by atomic mass is 16.5. The van der Waals surface area contributed by atoms with E-state index in [1.165, 1.54) is 25.7 Å². The lowest BCUT2D eigenvalue weighted by Gasteiger charge is -2.25. The topological polar surface area (TPSA) is 9.23 Å². The van der Waals surface area contributed by atoms with E-state index < -0.39 is 0 Å². The van der Waals surface area contributed by atoms with E-state index in [-0.39, 0.29) is 0 Å². The van der Waals surface area contributed by atoms with Crippen molar-refractivity contribution < 1.29 is 4.74 Å². The minimum absolute atomic E-state index is 0.466. The van der Waals surface area contributed by atoms with Crippen LogP contribution in [0.1, 0.15) is 32.6 Å². The molecule has 1 saturated carbocycles. The fraction of sp³-hybridized carbons (Fsp3) is 0.778. The van der Waals surface area contributed by atoms with E-state index in [1.54, 1.807) is 6.26 Å². The Hall–Kier alpha value is -0.460. The van der Waals surface area contributed by atoms with Gasteiger partial charge in [-0.05, 0) is 31.6 Å². The van der Waals surface area contributed by atoms with Crippen molar-refractivity contribution in [2.45, 2.75) is 38.7 Å². The van der Waals surface area contributed by atoms with E-state index in [9.17, 15) is 0 Å². The summed E-state index contributed by atoms with van der Waals surface area (Å²) in [6, 6.07) is 0. The van der Waals surface area contributed by atoms with Crippen LogP contribution in [-0.2, 0) is 4.74 Å². The molecule has 1 aliphatic rings. The van der Waals surface area contributed by atoms with Gasteiger partial charge in [-0.2, -0.15) is 0 Å². The van der Waals surface area contributed by atoms with E-state index in [0.29, 0.717) is 6.10 Å². The molecular formula is C9H16O. The van der Waals surface area contributed by atoms with Crippen molar-refractivity contribution in [3.8, 4) is 0 Å². The monoisotopic (exact) mass is 140 g/mol. The number of ether oxygens (including phenoxy) is 1. The number of hydrogen-bond donors (Lipinski definition) is 0. The van der Waals surface area contributed by atoms with Crippen LogP contribution in [0.2, 0.25) is 0 Å². The second-order valence-corrected chi connectivity index (χ2v) is 3.18. The Labute approximate surface area is 63.1 Å². The van der Waals surface area contributed by atoms with E-state index in [4.69, 9.17) is 4.74 Å². The summed E-state index contributed by atoms with van der Waals surface area (Å²) in [6.07, 6.45) is 7.10. The Morgan fingerprint density at radius 1 is 1.30 bits per heavy atom. The highest BCUT2D eigenvalue weighted by molar-refractivity contribution is 4.71. The maximum absolute atomic E-state index is 5.30. The Bertz CT molecular complexity index is 101. The summed E-state index contributed by atoms with van der Waals surface area (Å²) in [6.45, 7) is 5.86. The van der Waals surface area contributed by atoms with E-state index in [1.807, 2.05) is 0 Å². The molecule has 1 nitrogen and oxygen atoms in total. The second kappa shape index (κ2) is 3.65. The van der Waals surface area contributed by atoms with Crippen LogP contribution >= 0.6 is 0 Å². The summed E-state index contributed by atoms with van der Waals surface area (Å²) < 4.78 is 5.30. The molecule has 1 rings (SSSR count). The van der Waals surface area contributed by atoms with Crippen LogP contribution in [0.15, 0.2) is 12.8 Å². The first-order valence-electron chi connectivity index (χ1n) is 4.09. The first-order valence-corrected chi connectivity index (χ1v) is 4.09. The summed E-state index contributed by atoms with van der Waals surface area (Å²) >= 11 is 0. The van der Waals surface area contributed by atoms with E-state index in [0.717, 1.165) is 5.92 Å². The van der Waals surface area contributed by atoms with Crippen molar-refractivity contribution in [1.82, 2.24) is 0 Å². The van der Waals surface area contributed by atoms with Gasteiger partial charge >= 0.3 is 0 Å². The van der Waals surface area contributed by atoms with Crippen molar-refractivity contribution in [3.63, 3.8) is 0 Å². The molecule has 0 atom stereocenters. The molecule has 58 valence electrons.